The number of halogens is 1. The van der Waals surface area contributed by atoms with Crippen molar-refractivity contribution in [1.82, 2.24) is 9.88 Å². The smallest absolute Gasteiger partial charge is 0.229 e. The zero-order valence-electron chi connectivity index (χ0n) is 21.9. The van der Waals surface area contributed by atoms with Gasteiger partial charge in [-0.1, -0.05) is 11.6 Å². The van der Waals surface area contributed by atoms with Crippen LogP contribution in [0.3, 0.4) is 0 Å². The van der Waals surface area contributed by atoms with Crippen LogP contribution in [0.1, 0.15) is 40.0 Å². The van der Waals surface area contributed by atoms with Gasteiger partial charge in [-0.25, -0.2) is 4.98 Å². The lowest BCUT2D eigenvalue weighted by atomic mass is 9.83. The number of carbonyl (C=O) groups is 1. The first-order chi connectivity index (χ1) is 17.6. The minimum atomic E-state index is -0.465. The second-order valence-electron chi connectivity index (χ2n) is 12.2. The molecule has 1 aromatic heterocycles. The number of piperazine rings is 1. The standard InChI is InChI=1S/C28H37ClN4O4/c1-26(2)16-28(4-9-37-26)13-20(28)25(35)31-24-12-18-11-22(21(29)10-19(18)14-30-24)32-5-7-33(8-6-32)27(3)17-36-15-23(27)34/h10-12,14,20,23,34H,4-9,13,15-17H2,1-3H3,(H,30,31,35)/t20-,23+,27-,28+/m1/s1. The summed E-state index contributed by atoms with van der Waals surface area (Å²) in [5.74, 6) is 0.657. The summed E-state index contributed by atoms with van der Waals surface area (Å²) < 4.78 is 11.4. The summed E-state index contributed by atoms with van der Waals surface area (Å²) in [6.07, 6.45) is 4.10. The van der Waals surface area contributed by atoms with Crippen molar-refractivity contribution in [3.05, 3.63) is 29.4 Å². The zero-order chi connectivity index (χ0) is 26.0. The summed E-state index contributed by atoms with van der Waals surface area (Å²) in [5, 5.41) is 16.1. The van der Waals surface area contributed by atoms with Gasteiger partial charge in [0.05, 0.1) is 41.2 Å². The minimum Gasteiger partial charge on any atom is -0.389 e. The number of ether oxygens (including phenoxy) is 2. The van der Waals surface area contributed by atoms with Gasteiger partial charge in [0, 0.05) is 50.3 Å². The number of hydrogen-bond donors (Lipinski definition) is 2. The van der Waals surface area contributed by atoms with E-state index in [9.17, 15) is 9.90 Å². The number of fused-ring (bicyclic) bond motifs is 1. The van der Waals surface area contributed by atoms with Crippen LogP contribution in [-0.2, 0) is 14.3 Å². The number of aliphatic hydroxyl groups excluding tert-OH is 1. The number of aliphatic hydroxyl groups is 1. The Labute approximate surface area is 223 Å². The van der Waals surface area contributed by atoms with Crippen molar-refractivity contribution in [2.24, 2.45) is 11.3 Å². The number of nitrogens with zero attached hydrogens (tertiary/aromatic N) is 3. The fourth-order valence-corrected chi connectivity index (χ4v) is 7.09. The van der Waals surface area contributed by atoms with Gasteiger partial charge in [-0.05, 0) is 69.0 Å². The first-order valence-corrected chi connectivity index (χ1v) is 13.8. The Morgan fingerprint density at radius 2 is 1.95 bits per heavy atom. The van der Waals surface area contributed by atoms with Crippen LogP contribution >= 0.6 is 11.6 Å². The monoisotopic (exact) mass is 528 g/mol. The van der Waals surface area contributed by atoms with Crippen LogP contribution in [0.5, 0.6) is 0 Å². The molecule has 2 N–H and O–H groups in total. The van der Waals surface area contributed by atoms with E-state index in [1.807, 2.05) is 12.1 Å². The van der Waals surface area contributed by atoms with Crippen LogP contribution in [-0.4, -0.2) is 84.1 Å². The van der Waals surface area contributed by atoms with Crippen molar-refractivity contribution in [2.75, 3.05) is 56.2 Å². The number of pyridine rings is 1. The molecule has 1 saturated carbocycles. The summed E-state index contributed by atoms with van der Waals surface area (Å²) >= 11 is 6.71. The maximum Gasteiger partial charge on any atom is 0.229 e. The topological polar surface area (TPSA) is 87.2 Å². The molecule has 1 spiro atoms. The highest BCUT2D eigenvalue weighted by Gasteiger charge is 2.61. The lowest BCUT2D eigenvalue weighted by Crippen LogP contribution is -2.60. The van der Waals surface area contributed by atoms with E-state index >= 15 is 0 Å². The van der Waals surface area contributed by atoms with Gasteiger partial charge in [0.2, 0.25) is 5.91 Å². The number of anilines is 2. The summed E-state index contributed by atoms with van der Waals surface area (Å²) in [7, 11) is 0. The molecule has 2 aromatic rings. The van der Waals surface area contributed by atoms with Crippen molar-refractivity contribution < 1.29 is 19.4 Å². The molecule has 4 heterocycles. The first-order valence-electron chi connectivity index (χ1n) is 13.4. The van der Waals surface area contributed by atoms with Gasteiger partial charge < -0.3 is 24.8 Å². The number of benzene rings is 1. The van der Waals surface area contributed by atoms with Crippen LogP contribution in [0, 0.1) is 11.3 Å². The van der Waals surface area contributed by atoms with Gasteiger partial charge in [0.25, 0.3) is 0 Å². The summed E-state index contributed by atoms with van der Waals surface area (Å²) in [6, 6.07) is 5.99. The highest BCUT2D eigenvalue weighted by molar-refractivity contribution is 6.34. The van der Waals surface area contributed by atoms with Crippen molar-refractivity contribution in [1.29, 1.82) is 0 Å². The zero-order valence-corrected chi connectivity index (χ0v) is 22.7. The minimum absolute atomic E-state index is 0.0240. The molecule has 3 saturated heterocycles. The number of carbonyl (C=O) groups excluding carboxylic acids is 1. The van der Waals surface area contributed by atoms with Crippen LogP contribution in [0.25, 0.3) is 10.8 Å². The molecule has 3 aliphatic heterocycles. The third-order valence-electron chi connectivity index (χ3n) is 9.15. The molecule has 8 nitrogen and oxygen atoms in total. The third-order valence-corrected chi connectivity index (χ3v) is 9.45. The Morgan fingerprint density at radius 1 is 1.16 bits per heavy atom. The second-order valence-corrected chi connectivity index (χ2v) is 12.6. The van der Waals surface area contributed by atoms with Crippen molar-refractivity contribution in [3.8, 4) is 0 Å². The van der Waals surface area contributed by atoms with Crippen LogP contribution in [0.4, 0.5) is 11.5 Å². The molecule has 6 rings (SSSR count). The van der Waals surface area contributed by atoms with Crippen molar-refractivity contribution >= 4 is 39.8 Å². The van der Waals surface area contributed by atoms with E-state index < -0.39 is 6.10 Å². The van der Waals surface area contributed by atoms with Gasteiger partial charge in [0.1, 0.15) is 5.82 Å². The lowest BCUT2D eigenvalue weighted by Gasteiger charge is -2.45. The first kappa shape index (κ1) is 25.3. The van der Waals surface area contributed by atoms with Crippen LogP contribution < -0.4 is 10.2 Å². The van der Waals surface area contributed by atoms with E-state index in [0.717, 1.165) is 68.5 Å². The highest BCUT2D eigenvalue weighted by Crippen LogP contribution is 2.62. The van der Waals surface area contributed by atoms with Gasteiger partial charge in [0.15, 0.2) is 0 Å². The molecule has 0 bridgehead atoms. The average Bonchev–Trinajstić information content (AvgIpc) is 3.42. The van der Waals surface area contributed by atoms with Crippen molar-refractivity contribution in [3.63, 3.8) is 0 Å². The molecule has 4 aliphatic rings. The Bertz CT molecular complexity index is 1220. The SMILES string of the molecule is CC1(C)C[C@]2(CCO1)C[C@@H]2C(=O)Nc1cc2cc(N3CCN([C@]4(C)COC[C@@H]4O)CC3)c(Cl)cc2cn1. The largest absolute Gasteiger partial charge is 0.389 e. The number of amides is 1. The summed E-state index contributed by atoms with van der Waals surface area (Å²) in [5.41, 5.74) is 0.552. The Morgan fingerprint density at radius 3 is 2.65 bits per heavy atom. The van der Waals surface area contributed by atoms with Crippen LogP contribution in [0.15, 0.2) is 24.4 Å². The maximum atomic E-state index is 13.1. The fourth-order valence-electron chi connectivity index (χ4n) is 6.80. The highest BCUT2D eigenvalue weighted by atomic mass is 35.5. The van der Waals surface area contributed by atoms with E-state index in [1.165, 1.54) is 0 Å². The second kappa shape index (κ2) is 9.06. The van der Waals surface area contributed by atoms with Gasteiger partial charge >= 0.3 is 0 Å². The van der Waals surface area contributed by atoms with Gasteiger partial charge in [-0.15, -0.1) is 0 Å². The molecular formula is C28H37ClN4O4. The predicted octanol–water partition coefficient (Wildman–Crippen LogP) is 3.69. The van der Waals surface area contributed by atoms with Gasteiger partial charge in [-0.2, -0.15) is 0 Å². The molecule has 1 aliphatic carbocycles. The normalized spacial score (nSPS) is 33.7. The molecule has 4 atom stereocenters. The molecule has 37 heavy (non-hydrogen) atoms. The molecule has 4 fully saturated rings. The summed E-state index contributed by atoms with van der Waals surface area (Å²) in [6.45, 7) is 11.3. The number of hydrogen-bond acceptors (Lipinski definition) is 7. The van der Waals surface area contributed by atoms with E-state index in [0.29, 0.717) is 24.1 Å². The van der Waals surface area contributed by atoms with E-state index in [4.69, 9.17) is 21.1 Å². The molecular weight excluding hydrogens is 492 g/mol. The molecule has 1 amide bonds. The number of rotatable bonds is 4. The number of aromatic nitrogens is 1. The van der Waals surface area contributed by atoms with E-state index in [1.54, 1.807) is 6.20 Å². The lowest BCUT2D eigenvalue weighted by molar-refractivity contribution is -0.120. The molecule has 200 valence electrons. The molecule has 0 radical (unpaired) electrons. The number of nitrogens with one attached hydrogen (secondary N) is 1. The Kier molecular flexibility index (Phi) is 6.20. The third kappa shape index (κ3) is 4.61. The molecule has 0 unspecified atom stereocenters. The van der Waals surface area contributed by atoms with Crippen molar-refractivity contribution in [2.45, 2.75) is 57.3 Å². The quantitative estimate of drug-likeness (QED) is 0.625. The molecule has 9 heteroatoms. The molecule has 1 aromatic carbocycles. The summed E-state index contributed by atoms with van der Waals surface area (Å²) in [4.78, 5) is 22.2. The van der Waals surface area contributed by atoms with E-state index in [-0.39, 0.29) is 28.4 Å². The van der Waals surface area contributed by atoms with Gasteiger partial charge in [-0.3, -0.25) is 9.69 Å². The van der Waals surface area contributed by atoms with Crippen LogP contribution in [0.2, 0.25) is 5.02 Å². The maximum absolute atomic E-state index is 13.1. The Hall–Kier alpha value is -1.97. The average molecular weight is 529 g/mol. The predicted molar refractivity (Wildman–Crippen MR) is 144 cm³/mol. The Balaban J connectivity index is 1.15. The fraction of sp³-hybridized carbons (Fsp3) is 0.643. The van der Waals surface area contributed by atoms with E-state index in [2.05, 4.69) is 46.9 Å².